The van der Waals surface area contributed by atoms with Gasteiger partial charge in [0.1, 0.15) is 5.78 Å². The summed E-state index contributed by atoms with van der Waals surface area (Å²) in [6.45, 7) is 8.58. The van der Waals surface area contributed by atoms with E-state index < -0.39 is 0 Å². The van der Waals surface area contributed by atoms with E-state index in [-0.39, 0.29) is 0 Å². The molecular formula is C16H24O. The standard InChI is InChI=1S/C16H24O/c1-12(2)11-16(17)10-7-14-5-8-15(9-6-14)13(3)4/h5-6,8-9,12-13H,7,10-11H2,1-4H3. The van der Waals surface area contributed by atoms with Gasteiger partial charge in [0, 0.05) is 12.8 Å². The molecule has 0 heterocycles. The minimum Gasteiger partial charge on any atom is -0.300 e. The van der Waals surface area contributed by atoms with Crippen molar-refractivity contribution in [3.63, 3.8) is 0 Å². The maximum absolute atomic E-state index is 11.6. The van der Waals surface area contributed by atoms with E-state index in [2.05, 4.69) is 52.0 Å². The summed E-state index contributed by atoms with van der Waals surface area (Å²) < 4.78 is 0. The number of Topliss-reactive ketones (excluding diaryl/α,β-unsaturated/α-hetero) is 1. The Morgan fingerprint density at radius 3 is 2.12 bits per heavy atom. The zero-order chi connectivity index (χ0) is 12.8. The molecule has 1 nitrogen and oxygen atoms in total. The number of ketones is 1. The van der Waals surface area contributed by atoms with E-state index in [0.717, 1.165) is 6.42 Å². The second-order valence-corrected chi connectivity index (χ2v) is 5.53. The van der Waals surface area contributed by atoms with Gasteiger partial charge < -0.3 is 0 Å². The largest absolute Gasteiger partial charge is 0.300 e. The third-order valence-corrected chi connectivity index (χ3v) is 2.97. The van der Waals surface area contributed by atoms with Crippen LogP contribution in [0, 0.1) is 5.92 Å². The Balaban J connectivity index is 2.44. The fraction of sp³-hybridized carbons (Fsp3) is 0.562. The molecule has 0 atom stereocenters. The Labute approximate surface area is 105 Å². The van der Waals surface area contributed by atoms with Crippen molar-refractivity contribution in [2.75, 3.05) is 0 Å². The number of carbonyl (C=O) groups excluding carboxylic acids is 1. The number of carbonyl (C=O) groups is 1. The maximum atomic E-state index is 11.6. The zero-order valence-electron chi connectivity index (χ0n) is 11.5. The summed E-state index contributed by atoms with van der Waals surface area (Å²) in [6.07, 6.45) is 2.27. The minimum absolute atomic E-state index is 0.382. The lowest BCUT2D eigenvalue weighted by atomic mass is 9.98. The summed E-state index contributed by atoms with van der Waals surface area (Å²) in [6, 6.07) is 8.65. The third kappa shape index (κ3) is 5.16. The SMILES string of the molecule is CC(C)CC(=O)CCc1ccc(C(C)C)cc1. The van der Waals surface area contributed by atoms with E-state index in [0.29, 0.717) is 30.5 Å². The molecule has 0 aliphatic carbocycles. The van der Waals surface area contributed by atoms with Gasteiger partial charge in [-0.1, -0.05) is 52.0 Å². The molecule has 0 spiro atoms. The monoisotopic (exact) mass is 232 g/mol. The van der Waals surface area contributed by atoms with Gasteiger partial charge in [0.15, 0.2) is 0 Å². The quantitative estimate of drug-likeness (QED) is 0.712. The second kappa shape index (κ2) is 6.58. The van der Waals surface area contributed by atoms with Gasteiger partial charge >= 0.3 is 0 Å². The van der Waals surface area contributed by atoms with Gasteiger partial charge in [0.2, 0.25) is 0 Å². The first-order valence-electron chi connectivity index (χ1n) is 6.59. The van der Waals surface area contributed by atoms with Crippen LogP contribution in [-0.2, 0) is 11.2 Å². The lowest BCUT2D eigenvalue weighted by Crippen LogP contribution is -2.04. The Morgan fingerprint density at radius 2 is 1.65 bits per heavy atom. The summed E-state index contributed by atoms with van der Waals surface area (Å²) >= 11 is 0. The molecule has 0 saturated heterocycles. The van der Waals surface area contributed by atoms with Crippen molar-refractivity contribution in [1.29, 1.82) is 0 Å². The molecular weight excluding hydrogens is 208 g/mol. The van der Waals surface area contributed by atoms with Gasteiger partial charge in [0.05, 0.1) is 0 Å². The summed E-state index contributed by atoms with van der Waals surface area (Å²) in [5.41, 5.74) is 2.63. The van der Waals surface area contributed by atoms with Gasteiger partial charge in [-0.15, -0.1) is 0 Å². The molecule has 0 aromatic heterocycles. The number of rotatable bonds is 6. The van der Waals surface area contributed by atoms with Crippen molar-refractivity contribution in [2.45, 2.75) is 52.9 Å². The van der Waals surface area contributed by atoms with Gasteiger partial charge in [-0.2, -0.15) is 0 Å². The molecule has 0 radical (unpaired) electrons. The molecule has 0 aliphatic heterocycles. The van der Waals surface area contributed by atoms with Gasteiger partial charge in [0.25, 0.3) is 0 Å². The average molecular weight is 232 g/mol. The van der Waals surface area contributed by atoms with Crippen LogP contribution in [0.3, 0.4) is 0 Å². The summed E-state index contributed by atoms with van der Waals surface area (Å²) in [5, 5.41) is 0. The molecule has 1 aromatic carbocycles. The number of aryl methyl sites for hydroxylation is 1. The van der Waals surface area contributed by atoms with Crippen molar-refractivity contribution in [3.8, 4) is 0 Å². The van der Waals surface area contributed by atoms with Crippen molar-refractivity contribution in [3.05, 3.63) is 35.4 Å². The molecule has 1 rings (SSSR count). The van der Waals surface area contributed by atoms with Gasteiger partial charge in [-0.25, -0.2) is 0 Å². The molecule has 1 heteroatoms. The Morgan fingerprint density at radius 1 is 1.06 bits per heavy atom. The fourth-order valence-corrected chi connectivity index (χ4v) is 1.91. The van der Waals surface area contributed by atoms with Crippen LogP contribution in [0.15, 0.2) is 24.3 Å². The van der Waals surface area contributed by atoms with Crippen LogP contribution in [0.5, 0.6) is 0 Å². The molecule has 1 aromatic rings. The van der Waals surface area contributed by atoms with Gasteiger partial charge in [-0.05, 0) is 29.4 Å². The van der Waals surface area contributed by atoms with E-state index in [9.17, 15) is 4.79 Å². The number of benzene rings is 1. The average Bonchev–Trinajstić information content (AvgIpc) is 2.26. The molecule has 0 N–H and O–H groups in total. The highest BCUT2D eigenvalue weighted by Crippen LogP contribution is 2.16. The first kappa shape index (κ1) is 14.0. The lowest BCUT2D eigenvalue weighted by Gasteiger charge is -2.07. The molecule has 0 amide bonds. The maximum Gasteiger partial charge on any atom is 0.133 e. The van der Waals surface area contributed by atoms with E-state index in [1.165, 1.54) is 11.1 Å². The summed E-state index contributed by atoms with van der Waals surface area (Å²) in [5.74, 6) is 1.44. The minimum atomic E-state index is 0.382. The van der Waals surface area contributed by atoms with E-state index in [4.69, 9.17) is 0 Å². The van der Waals surface area contributed by atoms with Crippen molar-refractivity contribution in [2.24, 2.45) is 5.92 Å². The first-order valence-corrected chi connectivity index (χ1v) is 6.59. The summed E-state index contributed by atoms with van der Waals surface area (Å²) in [4.78, 5) is 11.6. The predicted octanol–water partition coefficient (Wildman–Crippen LogP) is 4.36. The number of hydrogen-bond donors (Lipinski definition) is 0. The third-order valence-electron chi connectivity index (χ3n) is 2.97. The van der Waals surface area contributed by atoms with E-state index in [1.54, 1.807) is 0 Å². The highest BCUT2D eigenvalue weighted by atomic mass is 16.1. The Bertz CT molecular complexity index is 346. The van der Waals surface area contributed by atoms with Crippen LogP contribution in [0.4, 0.5) is 0 Å². The summed E-state index contributed by atoms with van der Waals surface area (Å²) in [7, 11) is 0. The van der Waals surface area contributed by atoms with Crippen LogP contribution < -0.4 is 0 Å². The molecule has 0 aliphatic rings. The molecule has 0 bridgehead atoms. The Hall–Kier alpha value is -1.11. The van der Waals surface area contributed by atoms with Crippen LogP contribution in [0.1, 0.15) is 57.6 Å². The topological polar surface area (TPSA) is 17.1 Å². The molecule has 0 unspecified atom stereocenters. The van der Waals surface area contributed by atoms with Crippen molar-refractivity contribution in [1.82, 2.24) is 0 Å². The van der Waals surface area contributed by atoms with Crippen molar-refractivity contribution >= 4 is 5.78 Å². The lowest BCUT2D eigenvalue weighted by molar-refractivity contribution is -0.119. The highest BCUT2D eigenvalue weighted by molar-refractivity contribution is 5.78. The number of hydrogen-bond acceptors (Lipinski definition) is 1. The van der Waals surface area contributed by atoms with Crippen LogP contribution in [0.25, 0.3) is 0 Å². The van der Waals surface area contributed by atoms with Gasteiger partial charge in [-0.3, -0.25) is 4.79 Å². The van der Waals surface area contributed by atoms with Crippen LogP contribution in [0.2, 0.25) is 0 Å². The molecule has 0 fully saturated rings. The Kier molecular flexibility index (Phi) is 5.40. The van der Waals surface area contributed by atoms with Crippen LogP contribution in [-0.4, -0.2) is 5.78 Å². The molecule has 94 valence electrons. The zero-order valence-corrected chi connectivity index (χ0v) is 11.5. The predicted molar refractivity (Wildman–Crippen MR) is 73.3 cm³/mol. The first-order chi connectivity index (χ1) is 7.99. The van der Waals surface area contributed by atoms with Crippen molar-refractivity contribution < 1.29 is 4.79 Å². The fourth-order valence-electron chi connectivity index (χ4n) is 1.91. The second-order valence-electron chi connectivity index (χ2n) is 5.53. The van der Waals surface area contributed by atoms with E-state index in [1.807, 2.05) is 0 Å². The van der Waals surface area contributed by atoms with E-state index >= 15 is 0 Å². The smallest absolute Gasteiger partial charge is 0.133 e. The van der Waals surface area contributed by atoms with Crippen LogP contribution >= 0.6 is 0 Å². The molecule has 17 heavy (non-hydrogen) atoms. The normalized spacial score (nSPS) is 11.2. The molecule has 0 saturated carbocycles. The highest BCUT2D eigenvalue weighted by Gasteiger charge is 2.05.